The molecule has 2 atom stereocenters. The highest BCUT2D eigenvalue weighted by molar-refractivity contribution is 6.50. The fraction of sp³-hybridized carbons (Fsp3) is 0.346. The number of amides is 2. The summed E-state index contributed by atoms with van der Waals surface area (Å²) >= 11 is 0. The predicted molar refractivity (Wildman–Crippen MR) is 124 cm³/mol. The second-order valence-corrected chi connectivity index (χ2v) is 8.65. The van der Waals surface area contributed by atoms with Crippen LogP contribution in [0.15, 0.2) is 54.1 Å². The van der Waals surface area contributed by atoms with Crippen LogP contribution in [0.5, 0.6) is 5.75 Å². The van der Waals surface area contributed by atoms with Crippen molar-refractivity contribution in [3.8, 4) is 5.75 Å². The number of likely N-dealkylation sites (N-methyl/N-ethyl adjacent to an activating group) is 1. The first-order chi connectivity index (χ1) is 16.4. The molecule has 0 radical (unpaired) electrons. The first-order valence-corrected chi connectivity index (χ1v) is 11.4. The zero-order valence-corrected chi connectivity index (χ0v) is 19.1. The van der Waals surface area contributed by atoms with Gasteiger partial charge in [-0.3, -0.25) is 14.4 Å². The Kier molecular flexibility index (Phi) is 5.40. The first-order valence-electron chi connectivity index (χ1n) is 11.4. The molecule has 0 saturated carbocycles. The number of fused-ring (bicyclic) bond motifs is 2. The number of likely N-dealkylation sites (tertiary alicyclic amines) is 1. The topological polar surface area (TPSA) is 96.4 Å². The van der Waals surface area contributed by atoms with Crippen LogP contribution < -0.4 is 9.64 Å². The van der Waals surface area contributed by atoms with Gasteiger partial charge in [0.15, 0.2) is 5.54 Å². The molecule has 8 heteroatoms. The standard InChI is InChI=1S/C26H26N2O6/c1-3-33-17-12-10-16(11-13-17)22(29)21-23(30)24(31)28(15-18-7-6-14-34-18)26(21)19-8-4-5-9-20(19)27(2)25(26)32/h4-5,8-13,18,29H,3,6-7,14-15H2,1-2H3/b22-21+. The van der Waals surface area contributed by atoms with Crippen molar-refractivity contribution in [2.24, 2.45) is 0 Å². The summed E-state index contributed by atoms with van der Waals surface area (Å²) < 4.78 is 11.2. The van der Waals surface area contributed by atoms with Crippen molar-refractivity contribution in [2.75, 3.05) is 31.7 Å². The molecule has 2 fully saturated rings. The number of aliphatic hydroxyl groups excluding tert-OH is 1. The van der Waals surface area contributed by atoms with Gasteiger partial charge in [0.25, 0.3) is 17.6 Å². The van der Waals surface area contributed by atoms with E-state index in [9.17, 15) is 19.5 Å². The van der Waals surface area contributed by atoms with Crippen LogP contribution in [0.4, 0.5) is 5.69 Å². The monoisotopic (exact) mass is 462 g/mol. The highest BCUT2D eigenvalue weighted by Gasteiger charge is 2.66. The van der Waals surface area contributed by atoms with Gasteiger partial charge in [-0.1, -0.05) is 18.2 Å². The first kappa shape index (κ1) is 22.2. The van der Waals surface area contributed by atoms with Crippen molar-refractivity contribution >= 4 is 29.0 Å². The molecule has 0 bridgehead atoms. The minimum Gasteiger partial charge on any atom is -0.507 e. The van der Waals surface area contributed by atoms with Crippen molar-refractivity contribution in [2.45, 2.75) is 31.4 Å². The SMILES string of the molecule is CCOc1ccc(/C(O)=C2/C(=O)C(=O)N(CC3CCCO3)C23C(=O)N(C)c2ccccc23)cc1. The summed E-state index contributed by atoms with van der Waals surface area (Å²) in [4.78, 5) is 43.5. The van der Waals surface area contributed by atoms with E-state index in [4.69, 9.17) is 9.47 Å². The maximum absolute atomic E-state index is 13.9. The largest absolute Gasteiger partial charge is 0.507 e. The van der Waals surface area contributed by atoms with Crippen molar-refractivity contribution in [3.05, 3.63) is 65.2 Å². The van der Waals surface area contributed by atoms with Crippen molar-refractivity contribution < 1.29 is 29.0 Å². The lowest BCUT2D eigenvalue weighted by Gasteiger charge is -2.35. The quantitative estimate of drug-likeness (QED) is 0.417. The van der Waals surface area contributed by atoms with Crippen LogP contribution in [0.2, 0.25) is 0 Å². The molecule has 2 aromatic rings. The van der Waals surface area contributed by atoms with Crippen LogP contribution in [0.25, 0.3) is 5.76 Å². The maximum atomic E-state index is 13.9. The summed E-state index contributed by atoms with van der Waals surface area (Å²) in [6.45, 7) is 3.00. The third-order valence-electron chi connectivity index (χ3n) is 6.79. The average Bonchev–Trinajstić information content (AvgIpc) is 3.50. The molecule has 176 valence electrons. The summed E-state index contributed by atoms with van der Waals surface area (Å²) in [7, 11) is 1.61. The van der Waals surface area contributed by atoms with E-state index in [1.54, 1.807) is 55.6 Å². The number of ketones is 1. The van der Waals surface area contributed by atoms with Gasteiger partial charge in [-0.25, -0.2) is 0 Å². The lowest BCUT2D eigenvalue weighted by Crippen LogP contribution is -2.53. The number of nitrogens with zero attached hydrogens (tertiary/aromatic N) is 2. The number of rotatable bonds is 5. The van der Waals surface area contributed by atoms with Gasteiger partial charge in [-0.05, 0) is 50.1 Å². The van der Waals surface area contributed by atoms with Gasteiger partial charge in [0.05, 0.1) is 18.3 Å². The fourth-order valence-electron chi connectivity index (χ4n) is 5.23. The molecule has 8 nitrogen and oxygen atoms in total. The number of carbonyl (C=O) groups excluding carboxylic acids is 3. The van der Waals surface area contributed by atoms with E-state index in [1.165, 1.54) is 9.80 Å². The lowest BCUT2D eigenvalue weighted by atomic mass is 9.81. The van der Waals surface area contributed by atoms with Gasteiger partial charge >= 0.3 is 0 Å². The van der Waals surface area contributed by atoms with E-state index in [1.807, 2.05) is 6.92 Å². The average molecular weight is 463 g/mol. The van der Waals surface area contributed by atoms with Crippen LogP contribution >= 0.6 is 0 Å². The number of ether oxygens (including phenoxy) is 2. The Labute approximate surface area is 197 Å². The Morgan fingerprint density at radius 3 is 2.56 bits per heavy atom. The fourth-order valence-corrected chi connectivity index (χ4v) is 5.23. The maximum Gasteiger partial charge on any atom is 0.296 e. The van der Waals surface area contributed by atoms with E-state index in [-0.39, 0.29) is 18.2 Å². The number of aliphatic hydroxyl groups is 1. The second-order valence-electron chi connectivity index (χ2n) is 8.65. The molecule has 2 aromatic carbocycles. The Morgan fingerprint density at radius 2 is 1.88 bits per heavy atom. The number of anilines is 1. The number of carbonyl (C=O) groups is 3. The van der Waals surface area contributed by atoms with Crippen LogP contribution in [0.3, 0.4) is 0 Å². The highest BCUT2D eigenvalue weighted by Crippen LogP contribution is 2.53. The smallest absolute Gasteiger partial charge is 0.296 e. The number of hydrogen-bond acceptors (Lipinski definition) is 6. The normalized spacial score (nSPS) is 25.5. The van der Waals surface area contributed by atoms with E-state index >= 15 is 0 Å². The van der Waals surface area contributed by atoms with E-state index in [0.29, 0.717) is 35.8 Å². The third-order valence-corrected chi connectivity index (χ3v) is 6.79. The van der Waals surface area contributed by atoms with Crippen LogP contribution in [-0.2, 0) is 24.7 Å². The van der Waals surface area contributed by atoms with Crippen LogP contribution in [0.1, 0.15) is 30.9 Å². The molecule has 2 unspecified atom stereocenters. The summed E-state index contributed by atoms with van der Waals surface area (Å²) in [6.07, 6.45) is 1.29. The second kappa shape index (κ2) is 8.29. The van der Waals surface area contributed by atoms with Crippen molar-refractivity contribution in [1.29, 1.82) is 0 Å². The van der Waals surface area contributed by atoms with Crippen molar-refractivity contribution in [1.82, 2.24) is 4.90 Å². The number of Topliss-reactive ketones (excluding diaryl/α,β-unsaturated/α-hetero) is 1. The van der Waals surface area contributed by atoms with Gasteiger partial charge in [0.2, 0.25) is 0 Å². The molecule has 34 heavy (non-hydrogen) atoms. The Balaban J connectivity index is 1.73. The summed E-state index contributed by atoms with van der Waals surface area (Å²) in [6, 6.07) is 13.6. The minimum absolute atomic E-state index is 0.0819. The van der Waals surface area contributed by atoms with E-state index < -0.39 is 28.9 Å². The van der Waals surface area contributed by atoms with E-state index in [2.05, 4.69) is 0 Å². The molecule has 1 spiro atoms. The summed E-state index contributed by atoms with van der Waals surface area (Å²) in [5.74, 6) is -1.95. The molecule has 3 heterocycles. The molecule has 1 N–H and O–H groups in total. The Bertz CT molecular complexity index is 1200. The van der Waals surface area contributed by atoms with Gasteiger partial charge in [-0.15, -0.1) is 0 Å². The van der Waals surface area contributed by atoms with E-state index in [0.717, 1.165) is 12.8 Å². The molecule has 5 rings (SSSR count). The summed E-state index contributed by atoms with van der Waals surface area (Å²) in [5, 5.41) is 11.4. The lowest BCUT2D eigenvalue weighted by molar-refractivity contribution is -0.145. The molecule has 0 aliphatic carbocycles. The number of hydrogen-bond donors (Lipinski definition) is 1. The molecule has 3 aliphatic rings. The van der Waals surface area contributed by atoms with Gasteiger partial charge in [0.1, 0.15) is 11.5 Å². The molecule has 2 amide bonds. The Morgan fingerprint density at radius 1 is 1.15 bits per heavy atom. The van der Waals surface area contributed by atoms with Crippen molar-refractivity contribution in [3.63, 3.8) is 0 Å². The number of para-hydroxylation sites is 1. The Hall–Kier alpha value is -3.65. The zero-order chi connectivity index (χ0) is 24.0. The van der Waals surface area contributed by atoms with Crippen LogP contribution in [-0.4, -0.2) is 60.5 Å². The summed E-state index contributed by atoms with van der Waals surface area (Å²) in [5.41, 5.74) is -0.579. The zero-order valence-electron chi connectivity index (χ0n) is 19.1. The molecule has 3 aliphatic heterocycles. The predicted octanol–water partition coefficient (Wildman–Crippen LogP) is 2.82. The third kappa shape index (κ3) is 3.05. The van der Waals surface area contributed by atoms with Gasteiger partial charge in [0, 0.05) is 37.0 Å². The molecule has 2 saturated heterocycles. The number of benzene rings is 2. The van der Waals surface area contributed by atoms with Crippen LogP contribution in [0, 0.1) is 0 Å². The molecular formula is C26H26N2O6. The van der Waals surface area contributed by atoms with Gasteiger partial charge in [-0.2, -0.15) is 0 Å². The molecular weight excluding hydrogens is 436 g/mol. The highest BCUT2D eigenvalue weighted by atomic mass is 16.5. The minimum atomic E-state index is -1.76. The van der Waals surface area contributed by atoms with Gasteiger partial charge < -0.3 is 24.4 Å². The molecule has 0 aromatic heterocycles.